The largest absolute Gasteiger partial charge is 0.487 e. The van der Waals surface area contributed by atoms with Crippen LogP contribution in [0.3, 0.4) is 0 Å². The van der Waals surface area contributed by atoms with Crippen LogP contribution in [0.15, 0.2) is 35.2 Å². The highest BCUT2D eigenvalue weighted by molar-refractivity contribution is 7.07. The van der Waals surface area contributed by atoms with Crippen LogP contribution in [0.1, 0.15) is 29.9 Å². The zero-order valence-corrected chi connectivity index (χ0v) is 16.1. The number of thiazole rings is 1. The lowest BCUT2D eigenvalue weighted by Crippen LogP contribution is -2.55. The van der Waals surface area contributed by atoms with Gasteiger partial charge in [0.25, 0.3) is 5.91 Å². The molecule has 1 aromatic heterocycles. The van der Waals surface area contributed by atoms with Crippen LogP contribution in [0.4, 0.5) is 0 Å². The monoisotopic (exact) mass is 375 g/mol. The van der Waals surface area contributed by atoms with E-state index in [2.05, 4.69) is 29.0 Å². The maximum atomic E-state index is 12.5. The summed E-state index contributed by atoms with van der Waals surface area (Å²) in [6, 6.07) is 7.25. The van der Waals surface area contributed by atoms with Gasteiger partial charge in [0.2, 0.25) is 0 Å². The predicted molar refractivity (Wildman–Crippen MR) is 102 cm³/mol. The van der Waals surface area contributed by atoms with Gasteiger partial charge in [0, 0.05) is 36.1 Å². The first kappa shape index (κ1) is 18.8. The van der Waals surface area contributed by atoms with Crippen molar-refractivity contribution in [3.8, 4) is 5.75 Å². The molecule has 0 bridgehead atoms. The van der Waals surface area contributed by atoms with Crippen molar-refractivity contribution >= 4 is 17.2 Å². The van der Waals surface area contributed by atoms with Gasteiger partial charge in [0.05, 0.1) is 24.4 Å². The van der Waals surface area contributed by atoms with E-state index in [9.17, 15) is 4.79 Å². The number of ether oxygens (including phenoxy) is 2. The molecule has 0 radical (unpaired) electrons. The highest BCUT2D eigenvalue weighted by atomic mass is 32.1. The Morgan fingerprint density at radius 3 is 2.92 bits per heavy atom. The summed E-state index contributed by atoms with van der Waals surface area (Å²) in [5.74, 6) is 0.573. The van der Waals surface area contributed by atoms with E-state index < -0.39 is 0 Å². The van der Waals surface area contributed by atoms with Gasteiger partial charge >= 0.3 is 0 Å². The van der Waals surface area contributed by atoms with Gasteiger partial charge < -0.3 is 14.8 Å². The average molecular weight is 375 g/mol. The van der Waals surface area contributed by atoms with Crippen molar-refractivity contribution < 1.29 is 14.3 Å². The molecule has 2 aromatic rings. The molecule has 0 spiro atoms. The van der Waals surface area contributed by atoms with Gasteiger partial charge in [0.15, 0.2) is 0 Å². The van der Waals surface area contributed by atoms with Gasteiger partial charge in [-0.25, -0.2) is 4.98 Å². The predicted octanol–water partition coefficient (Wildman–Crippen LogP) is 2.56. The fraction of sp³-hybridized carbons (Fsp3) is 0.474. The number of benzene rings is 1. The molecule has 1 aromatic carbocycles. The molecule has 1 aliphatic heterocycles. The number of carbonyl (C=O) groups is 1. The Morgan fingerprint density at radius 1 is 1.38 bits per heavy atom. The number of nitrogens with one attached hydrogen (secondary N) is 1. The van der Waals surface area contributed by atoms with Crippen molar-refractivity contribution in [1.82, 2.24) is 15.2 Å². The first-order valence-corrected chi connectivity index (χ1v) is 9.70. The normalized spacial score (nSPS) is 15.6. The Bertz CT molecular complexity index is 713. The second-order valence-corrected chi connectivity index (χ2v) is 7.61. The van der Waals surface area contributed by atoms with Crippen molar-refractivity contribution in [2.24, 2.45) is 0 Å². The zero-order chi connectivity index (χ0) is 18.4. The maximum Gasteiger partial charge on any atom is 0.251 e. The fourth-order valence-electron chi connectivity index (χ4n) is 2.87. The van der Waals surface area contributed by atoms with E-state index in [1.54, 1.807) is 17.6 Å². The van der Waals surface area contributed by atoms with Crippen molar-refractivity contribution in [2.75, 3.05) is 32.8 Å². The average Bonchev–Trinajstić information content (AvgIpc) is 3.19. The molecule has 0 unspecified atom stereocenters. The minimum Gasteiger partial charge on any atom is -0.487 e. The Labute approximate surface area is 158 Å². The molecule has 1 N–H and O–H groups in total. The fourth-order valence-corrected chi connectivity index (χ4v) is 3.42. The van der Waals surface area contributed by atoms with Crippen LogP contribution >= 0.6 is 11.3 Å². The van der Waals surface area contributed by atoms with E-state index in [4.69, 9.17) is 9.47 Å². The first-order chi connectivity index (χ1) is 12.5. The van der Waals surface area contributed by atoms with Gasteiger partial charge in [-0.3, -0.25) is 9.69 Å². The number of nitrogens with zero attached hydrogens (tertiary/aromatic N) is 2. The zero-order valence-electron chi connectivity index (χ0n) is 15.2. The molecular formula is C19H25N3O3S. The van der Waals surface area contributed by atoms with E-state index in [1.807, 2.05) is 17.5 Å². The van der Waals surface area contributed by atoms with Crippen molar-refractivity contribution in [2.45, 2.75) is 26.0 Å². The molecule has 2 heterocycles. The molecule has 7 heteroatoms. The Balaban J connectivity index is 1.54. The SMILES string of the molecule is CC(C)(CNC(=O)c1cccc(OCc2cscn2)c1)N1CCOCC1. The molecule has 140 valence electrons. The van der Waals surface area contributed by atoms with Crippen molar-refractivity contribution in [3.63, 3.8) is 0 Å². The second-order valence-electron chi connectivity index (χ2n) is 6.89. The Hall–Kier alpha value is -1.96. The molecular weight excluding hydrogens is 350 g/mol. The molecule has 0 saturated carbocycles. The number of aromatic nitrogens is 1. The quantitative estimate of drug-likeness (QED) is 0.806. The maximum absolute atomic E-state index is 12.5. The summed E-state index contributed by atoms with van der Waals surface area (Å²) in [5, 5.41) is 4.99. The molecule has 1 fully saturated rings. The third kappa shape index (κ3) is 5.03. The Kier molecular flexibility index (Phi) is 6.24. The summed E-state index contributed by atoms with van der Waals surface area (Å²) in [6.07, 6.45) is 0. The van der Waals surface area contributed by atoms with E-state index in [1.165, 1.54) is 11.3 Å². The van der Waals surface area contributed by atoms with Crippen LogP contribution in [-0.4, -0.2) is 54.2 Å². The number of amides is 1. The van der Waals surface area contributed by atoms with E-state index in [0.29, 0.717) is 24.5 Å². The third-order valence-electron chi connectivity index (χ3n) is 4.52. The summed E-state index contributed by atoms with van der Waals surface area (Å²) in [6.45, 7) is 8.55. The summed E-state index contributed by atoms with van der Waals surface area (Å²) in [5.41, 5.74) is 3.15. The molecule has 6 nitrogen and oxygen atoms in total. The van der Waals surface area contributed by atoms with E-state index in [-0.39, 0.29) is 11.4 Å². The minimum atomic E-state index is -0.113. The molecule has 1 aliphatic rings. The molecule has 1 amide bonds. The number of hydrogen-bond acceptors (Lipinski definition) is 6. The van der Waals surface area contributed by atoms with E-state index >= 15 is 0 Å². The number of hydrogen-bond donors (Lipinski definition) is 1. The van der Waals surface area contributed by atoms with Gasteiger partial charge in [0.1, 0.15) is 12.4 Å². The summed E-state index contributed by atoms with van der Waals surface area (Å²) in [4.78, 5) is 19.1. The van der Waals surface area contributed by atoms with Gasteiger partial charge in [-0.1, -0.05) is 6.07 Å². The van der Waals surface area contributed by atoms with Gasteiger partial charge in [-0.05, 0) is 32.0 Å². The topological polar surface area (TPSA) is 63.7 Å². The van der Waals surface area contributed by atoms with E-state index in [0.717, 1.165) is 32.0 Å². The first-order valence-electron chi connectivity index (χ1n) is 8.75. The molecule has 1 saturated heterocycles. The van der Waals surface area contributed by atoms with Crippen LogP contribution < -0.4 is 10.1 Å². The summed E-state index contributed by atoms with van der Waals surface area (Å²) < 4.78 is 11.1. The Morgan fingerprint density at radius 2 is 2.19 bits per heavy atom. The second kappa shape index (κ2) is 8.62. The minimum absolute atomic E-state index is 0.0922. The van der Waals surface area contributed by atoms with Crippen LogP contribution in [0.2, 0.25) is 0 Å². The lowest BCUT2D eigenvalue weighted by atomic mass is 10.0. The third-order valence-corrected chi connectivity index (χ3v) is 5.15. The highest BCUT2D eigenvalue weighted by Crippen LogP contribution is 2.17. The van der Waals surface area contributed by atoms with Crippen LogP contribution in [-0.2, 0) is 11.3 Å². The van der Waals surface area contributed by atoms with Crippen LogP contribution in [0, 0.1) is 0 Å². The van der Waals surface area contributed by atoms with Crippen LogP contribution in [0.5, 0.6) is 5.75 Å². The lowest BCUT2D eigenvalue weighted by molar-refractivity contribution is -0.00923. The lowest BCUT2D eigenvalue weighted by Gasteiger charge is -2.40. The van der Waals surface area contributed by atoms with Crippen molar-refractivity contribution in [3.05, 3.63) is 46.4 Å². The molecule has 0 atom stereocenters. The van der Waals surface area contributed by atoms with Gasteiger partial charge in [-0.15, -0.1) is 11.3 Å². The van der Waals surface area contributed by atoms with Crippen LogP contribution in [0.25, 0.3) is 0 Å². The molecule has 26 heavy (non-hydrogen) atoms. The summed E-state index contributed by atoms with van der Waals surface area (Å²) >= 11 is 1.54. The molecule has 3 rings (SSSR count). The highest BCUT2D eigenvalue weighted by Gasteiger charge is 2.28. The molecule has 0 aliphatic carbocycles. The van der Waals surface area contributed by atoms with Crippen molar-refractivity contribution in [1.29, 1.82) is 0 Å². The number of rotatable bonds is 7. The number of morpholine rings is 1. The number of carbonyl (C=O) groups excluding carboxylic acids is 1. The van der Waals surface area contributed by atoms with Gasteiger partial charge in [-0.2, -0.15) is 0 Å². The standard InChI is InChI=1S/C19H25N3O3S/c1-19(2,22-6-8-24-9-7-22)13-20-18(23)15-4-3-5-17(10-15)25-11-16-12-26-14-21-16/h3-5,10,12,14H,6-9,11,13H2,1-2H3,(H,20,23). The smallest absolute Gasteiger partial charge is 0.251 e. The summed E-state index contributed by atoms with van der Waals surface area (Å²) in [7, 11) is 0.